The molecule has 1 fully saturated rings. The summed E-state index contributed by atoms with van der Waals surface area (Å²) >= 11 is 0. The Labute approximate surface area is 190 Å². The van der Waals surface area contributed by atoms with E-state index in [1.807, 2.05) is 60.4 Å². The lowest BCUT2D eigenvalue weighted by atomic mass is 9.94. The molecule has 1 aromatic heterocycles. The van der Waals surface area contributed by atoms with E-state index in [-0.39, 0.29) is 23.8 Å². The van der Waals surface area contributed by atoms with Crippen molar-refractivity contribution in [3.8, 4) is 16.9 Å². The molecular formula is C27H23FN2O3. The van der Waals surface area contributed by atoms with Gasteiger partial charge in [-0.1, -0.05) is 30.3 Å². The maximum Gasteiger partial charge on any atom is 0.307 e. The fraction of sp³-hybridized carbons (Fsp3) is 0.259. The lowest BCUT2D eigenvalue weighted by Crippen LogP contribution is -2.06. The smallest absolute Gasteiger partial charge is 0.307 e. The molecule has 1 saturated carbocycles. The average Bonchev–Trinajstić information content (AvgIpc) is 3.39. The van der Waals surface area contributed by atoms with Gasteiger partial charge in [-0.2, -0.15) is 5.10 Å². The zero-order chi connectivity index (χ0) is 22.7. The normalized spacial score (nSPS) is 21.2. The molecule has 1 N–H and O–H groups in total. The second-order valence-electron chi connectivity index (χ2n) is 8.99. The molecule has 0 unspecified atom stereocenters. The van der Waals surface area contributed by atoms with E-state index < -0.39 is 5.97 Å². The number of halogens is 1. The first-order chi connectivity index (χ1) is 16.0. The van der Waals surface area contributed by atoms with Gasteiger partial charge in [0.15, 0.2) is 0 Å². The molecule has 1 heterocycles. The summed E-state index contributed by atoms with van der Waals surface area (Å²) in [6, 6.07) is 17.1. The number of benzene rings is 3. The molecule has 2 aliphatic carbocycles. The second-order valence-corrected chi connectivity index (χ2v) is 8.99. The second kappa shape index (κ2) is 7.44. The Morgan fingerprint density at radius 1 is 1.12 bits per heavy atom. The largest absolute Gasteiger partial charge is 0.486 e. The van der Waals surface area contributed by atoms with Crippen LogP contribution in [0.25, 0.3) is 22.0 Å². The van der Waals surface area contributed by atoms with E-state index in [1.165, 1.54) is 6.07 Å². The molecule has 0 saturated heterocycles. The lowest BCUT2D eigenvalue weighted by molar-refractivity contribution is -0.138. The van der Waals surface area contributed by atoms with Crippen LogP contribution < -0.4 is 4.74 Å². The quantitative estimate of drug-likeness (QED) is 0.435. The summed E-state index contributed by atoms with van der Waals surface area (Å²) in [5.41, 5.74) is 5.76. The minimum Gasteiger partial charge on any atom is -0.486 e. The first-order valence-electron chi connectivity index (χ1n) is 11.2. The number of hydrogen-bond acceptors (Lipinski definition) is 3. The SMILES string of the molecule is Cn1ncc2c(-c3ccc(F)c4c3CC[C@H]4Oc3ccc([C@H]4C[C@@H]4C(=O)O)cc3)cccc21. The van der Waals surface area contributed by atoms with Gasteiger partial charge in [-0.25, -0.2) is 4.39 Å². The average molecular weight is 442 g/mol. The van der Waals surface area contributed by atoms with E-state index in [0.29, 0.717) is 24.2 Å². The standard InChI is InChI=1S/C27H23FN2O3/c1-30-24-4-2-3-17(22(24)14-29-30)18-9-11-23(28)26-19(18)10-12-25(26)33-16-7-5-15(6-8-16)20-13-21(20)27(31)32/h2-9,11,14,20-21,25H,10,12-13H2,1H3,(H,31,32)/t20-,21+,25-/m1/s1. The van der Waals surface area contributed by atoms with E-state index in [1.54, 1.807) is 0 Å². The summed E-state index contributed by atoms with van der Waals surface area (Å²) < 4.78 is 23.1. The van der Waals surface area contributed by atoms with Gasteiger partial charge in [0.1, 0.15) is 17.7 Å². The van der Waals surface area contributed by atoms with E-state index in [0.717, 1.165) is 39.6 Å². The molecule has 33 heavy (non-hydrogen) atoms. The number of fused-ring (bicyclic) bond motifs is 2. The number of carboxylic acid groups (broad SMARTS) is 1. The summed E-state index contributed by atoms with van der Waals surface area (Å²) in [5, 5.41) is 14.6. The third-order valence-corrected chi connectivity index (χ3v) is 7.06. The van der Waals surface area contributed by atoms with Crippen LogP contribution in [-0.4, -0.2) is 20.9 Å². The van der Waals surface area contributed by atoms with E-state index in [4.69, 9.17) is 9.84 Å². The fourth-order valence-electron chi connectivity index (χ4n) is 5.25. The van der Waals surface area contributed by atoms with Crippen LogP contribution in [0.2, 0.25) is 0 Å². The highest BCUT2D eigenvalue weighted by Gasteiger charge is 2.44. The van der Waals surface area contributed by atoms with Crippen molar-refractivity contribution < 1.29 is 19.0 Å². The van der Waals surface area contributed by atoms with Gasteiger partial charge in [0.05, 0.1) is 17.6 Å². The minimum absolute atomic E-state index is 0.0824. The number of aromatic nitrogens is 2. The van der Waals surface area contributed by atoms with Gasteiger partial charge < -0.3 is 9.84 Å². The number of carbonyl (C=O) groups is 1. The molecule has 3 atom stereocenters. The number of carboxylic acids is 1. The van der Waals surface area contributed by atoms with Crippen LogP contribution in [0.5, 0.6) is 5.75 Å². The monoisotopic (exact) mass is 442 g/mol. The Morgan fingerprint density at radius 3 is 2.70 bits per heavy atom. The van der Waals surface area contributed by atoms with Crippen molar-refractivity contribution in [3.63, 3.8) is 0 Å². The number of aliphatic carboxylic acids is 1. The lowest BCUT2D eigenvalue weighted by Gasteiger charge is -2.17. The van der Waals surface area contributed by atoms with E-state index in [9.17, 15) is 4.79 Å². The van der Waals surface area contributed by atoms with Gasteiger partial charge in [-0.15, -0.1) is 0 Å². The van der Waals surface area contributed by atoms with Crippen molar-refractivity contribution in [2.75, 3.05) is 0 Å². The zero-order valence-corrected chi connectivity index (χ0v) is 18.2. The zero-order valence-electron chi connectivity index (χ0n) is 18.2. The van der Waals surface area contributed by atoms with Crippen LogP contribution in [0.15, 0.2) is 60.8 Å². The van der Waals surface area contributed by atoms with Crippen molar-refractivity contribution in [2.45, 2.75) is 31.3 Å². The maximum absolute atomic E-state index is 15.0. The highest BCUT2D eigenvalue weighted by atomic mass is 19.1. The Balaban J connectivity index is 1.30. The van der Waals surface area contributed by atoms with E-state index >= 15 is 4.39 Å². The molecule has 0 radical (unpaired) electrons. The molecule has 0 bridgehead atoms. The van der Waals surface area contributed by atoms with Crippen LogP contribution in [0.4, 0.5) is 4.39 Å². The van der Waals surface area contributed by atoms with Crippen molar-refractivity contribution in [3.05, 3.63) is 83.3 Å². The molecule has 166 valence electrons. The van der Waals surface area contributed by atoms with Gasteiger partial charge >= 0.3 is 5.97 Å². The summed E-state index contributed by atoms with van der Waals surface area (Å²) in [7, 11) is 1.92. The van der Waals surface area contributed by atoms with Crippen LogP contribution in [0, 0.1) is 11.7 Å². The van der Waals surface area contributed by atoms with Crippen LogP contribution in [-0.2, 0) is 18.3 Å². The molecule has 6 heteroatoms. The highest BCUT2D eigenvalue weighted by molar-refractivity contribution is 5.95. The summed E-state index contributed by atoms with van der Waals surface area (Å²) in [6.45, 7) is 0. The molecule has 0 spiro atoms. The molecule has 6 rings (SSSR count). The number of aryl methyl sites for hydroxylation is 1. The number of hydrogen-bond donors (Lipinski definition) is 1. The first-order valence-corrected chi connectivity index (χ1v) is 11.2. The van der Waals surface area contributed by atoms with Gasteiger partial charge in [-0.05, 0) is 71.7 Å². The molecule has 4 aromatic rings. The van der Waals surface area contributed by atoms with Crippen LogP contribution in [0.3, 0.4) is 0 Å². The topological polar surface area (TPSA) is 64.4 Å². The number of ether oxygens (including phenoxy) is 1. The van der Waals surface area contributed by atoms with Crippen LogP contribution >= 0.6 is 0 Å². The summed E-state index contributed by atoms with van der Waals surface area (Å²) in [4.78, 5) is 11.1. The van der Waals surface area contributed by atoms with Gasteiger partial charge in [0.2, 0.25) is 0 Å². The Morgan fingerprint density at radius 2 is 1.94 bits per heavy atom. The molecule has 0 aliphatic heterocycles. The maximum atomic E-state index is 15.0. The predicted octanol–water partition coefficient (Wildman–Crippen LogP) is 5.63. The first kappa shape index (κ1) is 20.0. The molecule has 0 amide bonds. The van der Waals surface area contributed by atoms with Gasteiger partial charge in [0, 0.05) is 18.0 Å². The van der Waals surface area contributed by atoms with E-state index in [2.05, 4.69) is 11.2 Å². The van der Waals surface area contributed by atoms with Gasteiger partial charge in [0.25, 0.3) is 0 Å². The van der Waals surface area contributed by atoms with Crippen molar-refractivity contribution in [2.24, 2.45) is 13.0 Å². The molecule has 5 nitrogen and oxygen atoms in total. The molecule has 3 aromatic carbocycles. The number of nitrogens with zero attached hydrogens (tertiary/aromatic N) is 2. The fourth-order valence-corrected chi connectivity index (χ4v) is 5.25. The van der Waals surface area contributed by atoms with Crippen LogP contribution in [0.1, 0.15) is 41.6 Å². The Bertz CT molecular complexity index is 1390. The Hall–Kier alpha value is -3.67. The molecular weight excluding hydrogens is 419 g/mol. The third-order valence-electron chi connectivity index (χ3n) is 7.06. The van der Waals surface area contributed by atoms with Crippen molar-refractivity contribution in [1.82, 2.24) is 9.78 Å². The summed E-state index contributed by atoms with van der Waals surface area (Å²) in [6.07, 6.45) is 3.64. The van der Waals surface area contributed by atoms with Gasteiger partial charge in [-0.3, -0.25) is 9.48 Å². The van der Waals surface area contributed by atoms with Crippen molar-refractivity contribution in [1.29, 1.82) is 0 Å². The highest BCUT2D eigenvalue weighted by Crippen LogP contribution is 2.48. The minimum atomic E-state index is -0.740. The summed E-state index contributed by atoms with van der Waals surface area (Å²) in [5.74, 6) is -0.512. The van der Waals surface area contributed by atoms with Crippen molar-refractivity contribution >= 4 is 16.9 Å². The third kappa shape index (κ3) is 3.28. The Kier molecular flexibility index (Phi) is 4.50. The number of rotatable bonds is 5. The molecule has 2 aliphatic rings. The predicted molar refractivity (Wildman–Crippen MR) is 123 cm³/mol.